The number of rotatable bonds is 5. The van der Waals surface area contributed by atoms with Crippen molar-refractivity contribution in [2.24, 2.45) is 5.92 Å². The van der Waals surface area contributed by atoms with Gasteiger partial charge in [-0.3, -0.25) is 0 Å². The van der Waals surface area contributed by atoms with Crippen LogP contribution < -0.4 is 4.74 Å². The molecule has 0 aromatic heterocycles. The van der Waals surface area contributed by atoms with Crippen LogP contribution in [0.1, 0.15) is 25.0 Å². The molecule has 0 saturated heterocycles. The van der Waals surface area contributed by atoms with Crippen molar-refractivity contribution in [1.82, 2.24) is 8.61 Å². The van der Waals surface area contributed by atoms with Gasteiger partial charge in [0.1, 0.15) is 16.7 Å². The molecule has 0 bridgehead atoms. The van der Waals surface area contributed by atoms with Gasteiger partial charge < -0.3 is 9.84 Å². The SMILES string of the molecule is C[C@H](CO)N1C[C@H](C)[C@@H](CN(C)S(C)(=O)=O)Oc2cc(C#Cc3ccccc3)ccc2S1(=O)=O. The largest absolute Gasteiger partial charge is 0.487 e. The number of fused-ring (bicyclic) bond motifs is 1. The Hall–Kier alpha value is -2.42. The summed E-state index contributed by atoms with van der Waals surface area (Å²) in [5.74, 6) is 5.81. The van der Waals surface area contributed by atoms with Crippen LogP contribution in [0.3, 0.4) is 0 Å². The second kappa shape index (κ2) is 10.5. The highest BCUT2D eigenvalue weighted by molar-refractivity contribution is 7.89. The maximum absolute atomic E-state index is 13.5. The zero-order chi connectivity index (χ0) is 25.1. The fourth-order valence-electron chi connectivity index (χ4n) is 3.58. The van der Waals surface area contributed by atoms with Crippen molar-refractivity contribution >= 4 is 20.0 Å². The number of likely N-dealkylation sites (N-methyl/N-ethyl adjacent to an activating group) is 1. The van der Waals surface area contributed by atoms with Crippen LogP contribution in [0.5, 0.6) is 5.75 Å². The van der Waals surface area contributed by atoms with E-state index in [0.717, 1.165) is 11.8 Å². The summed E-state index contributed by atoms with van der Waals surface area (Å²) in [6.07, 6.45) is 0.482. The summed E-state index contributed by atoms with van der Waals surface area (Å²) in [5.41, 5.74) is 1.37. The number of aliphatic hydroxyl groups is 1. The summed E-state index contributed by atoms with van der Waals surface area (Å²) in [5, 5.41) is 9.71. The third-order valence-corrected chi connectivity index (χ3v) is 9.10. The van der Waals surface area contributed by atoms with Gasteiger partial charge in [0.2, 0.25) is 20.0 Å². The molecule has 0 radical (unpaired) electrons. The molecular formula is C24H30N2O6S2. The van der Waals surface area contributed by atoms with Crippen LogP contribution in [0.2, 0.25) is 0 Å². The van der Waals surface area contributed by atoms with Crippen LogP contribution in [0.4, 0.5) is 0 Å². The molecule has 184 valence electrons. The average molecular weight is 507 g/mol. The maximum Gasteiger partial charge on any atom is 0.247 e. The Morgan fingerprint density at radius 3 is 2.44 bits per heavy atom. The van der Waals surface area contributed by atoms with Gasteiger partial charge in [-0.1, -0.05) is 37.0 Å². The second-order valence-electron chi connectivity index (χ2n) is 8.56. The lowest BCUT2D eigenvalue weighted by Gasteiger charge is -2.37. The van der Waals surface area contributed by atoms with Crippen molar-refractivity contribution in [2.45, 2.75) is 30.9 Å². The highest BCUT2D eigenvalue weighted by Gasteiger charge is 2.38. The summed E-state index contributed by atoms with van der Waals surface area (Å²) in [7, 11) is -6.00. The first-order valence-electron chi connectivity index (χ1n) is 10.8. The smallest absolute Gasteiger partial charge is 0.247 e. The molecule has 3 rings (SSSR count). The quantitative estimate of drug-likeness (QED) is 0.620. The van der Waals surface area contributed by atoms with Crippen LogP contribution in [-0.4, -0.2) is 75.7 Å². The minimum atomic E-state index is -3.98. The van der Waals surface area contributed by atoms with Crippen molar-refractivity contribution in [3.63, 3.8) is 0 Å². The number of ether oxygens (including phenoxy) is 1. The first kappa shape index (κ1) is 26.2. The Kier molecular flexibility index (Phi) is 8.06. The summed E-state index contributed by atoms with van der Waals surface area (Å²) >= 11 is 0. The predicted octanol–water partition coefficient (Wildman–Crippen LogP) is 1.75. The minimum Gasteiger partial charge on any atom is -0.487 e. The summed E-state index contributed by atoms with van der Waals surface area (Å²) in [6.45, 7) is 3.19. The van der Waals surface area contributed by atoms with Gasteiger partial charge in [-0.15, -0.1) is 0 Å². The molecule has 0 amide bonds. The van der Waals surface area contributed by atoms with Crippen LogP contribution >= 0.6 is 0 Å². The van der Waals surface area contributed by atoms with Crippen LogP contribution in [0, 0.1) is 17.8 Å². The number of benzene rings is 2. The van der Waals surface area contributed by atoms with Gasteiger partial charge >= 0.3 is 0 Å². The fourth-order valence-corrected chi connectivity index (χ4v) is 5.82. The normalized spacial score (nSPS) is 21.4. The Balaban J connectivity index is 2.09. The highest BCUT2D eigenvalue weighted by atomic mass is 32.2. The molecule has 0 aliphatic carbocycles. The van der Waals surface area contributed by atoms with E-state index >= 15 is 0 Å². The van der Waals surface area contributed by atoms with E-state index in [1.165, 1.54) is 21.7 Å². The highest BCUT2D eigenvalue weighted by Crippen LogP contribution is 2.34. The molecule has 34 heavy (non-hydrogen) atoms. The van der Waals surface area contributed by atoms with E-state index in [9.17, 15) is 21.9 Å². The molecule has 0 saturated carbocycles. The lowest BCUT2D eigenvalue weighted by molar-refractivity contribution is 0.0905. The third kappa shape index (κ3) is 5.98. The first-order valence-corrected chi connectivity index (χ1v) is 14.1. The van der Waals surface area contributed by atoms with Crippen molar-refractivity contribution in [3.05, 3.63) is 59.7 Å². The molecule has 1 heterocycles. The molecule has 2 aromatic rings. The summed E-state index contributed by atoms with van der Waals surface area (Å²) < 4.78 is 59.6. The van der Waals surface area contributed by atoms with Crippen LogP contribution in [-0.2, 0) is 20.0 Å². The fraction of sp³-hybridized carbons (Fsp3) is 0.417. The molecule has 1 aliphatic rings. The molecule has 0 spiro atoms. The molecule has 3 atom stereocenters. The zero-order valence-electron chi connectivity index (χ0n) is 19.7. The summed E-state index contributed by atoms with van der Waals surface area (Å²) in [6, 6.07) is 13.3. The Bertz CT molecular complexity index is 1280. The lowest BCUT2D eigenvalue weighted by Crippen LogP contribution is -2.50. The van der Waals surface area contributed by atoms with Gasteiger partial charge in [0.05, 0.1) is 19.4 Å². The molecule has 0 fully saturated rings. The molecule has 0 unspecified atom stereocenters. The van der Waals surface area contributed by atoms with Crippen molar-refractivity contribution in [2.75, 3.05) is 33.0 Å². The van der Waals surface area contributed by atoms with E-state index in [2.05, 4.69) is 11.8 Å². The van der Waals surface area contributed by atoms with Crippen molar-refractivity contribution in [1.29, 1.82) is 0 Å². The Labute approximate surface area is 202 Å². The van der Waals surface area contributed by atoms with Gasteiger partial charge in [0.25, 0.3) is 0 Å². The van der Waals surface area contributed by atoms with E-state index < -0.39 is 32.2 Å². The van der Waals surface area contributed by atoms with E-state index in [-0.39, 0.29) is 36.3 Å². The number of hydrogen-bond donors (Lipinski definition) is 1. The molecule has 10 heteroatoms. The van der Waals surface area contributed by atoms with Crippen LogP contribution in [0.25, 0.3) is 0 Å². The topological polar surface area (TPSA) is 104 Å². The zero-order valence-corrected chi connectivity index (χ0v) is 21.3. The molecule has 1 aliphatic heterocycles. The van der Waals surface area contributed by atoms with Gasteiger partial charge in [-0.05, 0) is 37.3 Å². The Morgan fingerprint density at radius 2 is 1.82 bits per heavy atom. The van der Waals surface area contributed by atoms with E-state index in [4.69, 9.17) is 4.74 Å². The van der Waals surface area contributed by atoms with Gasteiger partial charge in [0.15, 0.2) is 0 Å². The lowest BCUT2D eigenvalue weighted by atomic mass is 10.0. The minimum absolute atomic E-state index is 0.0424. The second-order valence-corrected chi connectivity index (χ2v) is 12.5. The monoisotopic (exact) mass is 506 g/mol. The van der Waals surface area contributed by atoms with Gasteiger partial charge in [0, 0.05) is 36.7 Å². The number of nitrogens with zero attached hydrogens (tertiary/aromatic N) is 2. The molecule has 2 aromatic carbocycles. The average Bonchev–Trinajstić information content (AvgIpc) is 2.79. The van der Waals surface area contributed by atoms with Crippen molar-refractivity contribution in [3.8, 4) is 17.6 Å². The van der Waals surface area contributed by atoms with Gasteiger partial charge in [-0.2, -0.15) is 4.31 Å². The summed E-state index contributed by atoms with van der Waals surface area (Å²) in [4.78, 5) is -0.0445. The maximum atomic E-state index is 13.5. The number of aliphatic hydroxyl groups excluding tert-OH is 1. The van der Waals surface area contributed by atoms with E-state index in [1.54, 1.807) is 26.0 Å². The standard InChI is InChI=1S/C24H30N2O6S2/c1-18-15-26(19(2)17-27)34(30,31)24-13-12-21(11-10-20-8-6-5-7-9-20)14-22(24)32-23(18)16-25(3)33(4,28)29/h5-9,12-14,18-19,23,27H,15-17H2,1-4H3/t18-,19+,23+/m0/s1. The molecule has 8 nitrogen and oxygen atoms in total. The Morgan fingerprint density at radius 1 is 1.18 bits per heavy atom. The molecular weight excluding hydrogens is 476 g/mol. The van der Waals surface area contributed by atoms with E-state index in [0.29, 0.717) is 5.56 Å². The number of sulfonamides is 2. The van der Waals surface area contributed by atoms with Crippen molar-refractivity contribution < 1.29 is 26.7 Å². The van der Waals surface area contributed by atoms with E-state index in [1.807, 2.05) is 30.3 Å². The van der Waals surface area contributed by atoms with Gasteiger partial charge in [-0.25, -0.2) is 21.1 Å². The first-order chi connectivity index (χ1) is 15.9. The van der Waals surface area contributed by atoms with Crippen LogP contribution in [0.15, 0.2) is 53.4 Å². The number of hydrogen-bond acceptors (Lipinski definition) is 6. The predicted molar refractivity (Wildman–Crippen MR) is 130 cm³/mol. The molecule has 1 N–H and O–H groups in total. The third-order valence-electron chi connectivity index (χ3n) is 5.80.